The van der Waals surface area contributed by atoms with Crippen molar-refractivity contribution in [2.75, 3.05) is 18.9 Å². The van der Waals surface area contributed by atoms with Gasteiger partial charge in [0.15, 0.2) is 5.82 Å². The number of benzene rings is 2. The fourth-order valence-corrected chi connectivity index (χ4v) is 3.52. The maximum absolute atomic E-state index is 6.23. The number of nitrogens with zero attached hydrogens (tertiary/aromatic N) is 3. The molecule has 2 aromatic heterocycles. The average molecular weight is 375 g/mol. The first-order valence-electron chi connectivity index (χ1n) is 9.69. The lowest BCUT2D eigenvalue weighted by molar-refractivity contribution is 0.309. The highest BCUT2D eigenvalue weighted by Crippen LogP contribution is 2.29. The van der Waals surface area contributed by atoms with Gasteiger partial charge in [0, 0.05) is 18.4 Å². The van der Waals surface area contributed by atoms with E-state index >= 15 is 0 Å². The number of aromatic nitrogens is 3. The zero-order valence-electron chi connectivity index (χ0n) is 15.8. The molecule has 6 heteroatoms. The fraction of sp³-hybridized carbons (Fsp3) is 0.273. The van der Waals surface area contributed by atoms with Gasteiger partial charge in [-0.05, 0) is 37.6 Å². The first-order chi connectivity index (χ1) is 13.8. The van der Waals surface area contributed by atoms with Crippen molar-refractivity contribution < 1.29 is 4.74 Å². The third-order valence-corrected chi connectivity index (χ3v) is 4.83. The largest absolute Gasteiger partial charge is 0.494 e. The predicted molar refractivity (Wildman–Crippen MR) is 113 cm³/mol. The molecule has 0 radical (unpaired) electrons. The van der Waals surface area contributed by atoms with Crippen LogP contribution in [0, 0.1) is 0 Å². The van der Waals surface area contributed by atoms with Crippen molar-refractivity contribution >= 4 is 27.8 Å². The highest BCUT2D eigenvalue weighted by atomic mass is 16.5. The van der Waals surface area contributed by atoms with E-state index in [0.29, 0.717) is 19.0 Å². The first kappa shape index (κ1) is 18.3. The van der Waals surface area contributed by atoms with Gasteiger partial charge in [-0.25, -0.2) is 9.97 Å². The normalized spacial score (nSPS) is 11.3. The number of anilines is 1. The Balaban J connectivity index is 1.63. The molecule has 28 heavy (non-hydrogen) atoms. The second-order valence-electron chi connectivity index (χ2n) is 6.80. The molecule has 0 saturated heterocycles. The van der Waals surface area contributed by atoms with Gasteiger partial charge in [0.25, 0.3) is 0 Å². The minimum atomic E-state index is 0.474. The molecule has 2 heterocycles. The highest BCUT2D eigenvalue weighted by Gasteiger charge is 2.16. The van der Waals surface area contributed by atoms with Crippen LogP contribution in [0.25, 0.3) is 21.9 Å². The Morgan fingerprint density at radius 2 is 1.71 bits per heavy atom. The van der Waals surface area contributed by atoms with E-state index in [2.05, 4.69) is 15.6 Å². The first-order valence-corrected chi connectivity index (χ1v) is 9.69. The maximum atomic E-state index is 6.23. The van der Waals surface area contributed by atoms with E-state index in [4.69, 9.17) is 21.2 Å². The summed E-state index contributed by atoms with van der Waals surface area (Å²) < 4.78 is 8.08. The number of para-hydroxylation sites is 2. The Kier molecular flexibility index (Phi) is 5.39. The molecule has 0 atom stereocenters. The summed E-state index contributed by atoms with van der Waals surface area (Å²) in [6.45, 7) is 2.09. The Morgan fingerprint density at radius 1 is 0.929 bits per heavy atom. The molecule has 0 aliphatic carbocycles. The van der Waals surface area contributed by atoms with Gasteiger partial charge in [0.2, 0.25) is 0 Å². The number of aryl methyl sites for hydroxylation is 2. The van der Waals surface area contributed by atoms with Crippen LogP contribution in [0.1, 0.15) is 18.7 Å². The summed E-state index contributed by atoms with van der Waals surface area (Å²) >= 11 is 0. The van der Waals surface area contributed by atoms with Crippen molar-refractivity contribution in [2.24, 2.45) is 5.73 Å². The minimum absolute atomic E-state index is 0.474. The van der Waals surface area contributed by atoms with Crippen LogP contribution in [0.5, 0.6) is 5.75 Å². The Morgan fingerprint density at radius 3 is 2.54 bits per heavy atom. The molecular formula is C22H25N5O. The molecule has 0 aliphatic rings. The highest BCUT2D eigenvalue weighted by molar-refractivity contribution is 6.06. The smallest absolute Gasteiger partial charge is 0.152 e. The van der Waals surface area contributed by atoms with Crippen LogP contribution in [0.3, 0.4) is 0 Å². The lowest BCUT2D eigenvalue weighted by Gasteiger charge is -2.11. The number of rotatable bonds is 8. The van der Waals surface area contributed by atoms with E-state index in [1.54, 1.807) is 0 Å². The molecule has 0 fully saturated rings. The Labute approximate surface area is 164 Å². The molecule has 0 aliphatic heterocycles. The van der Waals surface area contributed by atoms with E-state index in [1.165, 1.54) is 0 Å². The van der Waals surface area contributed by atoms with E-state index in [9.17, 15) is 0 Å². The molecule has 0 bridgehead atoms. The lowest BCUT2D eigenvalue weighted by atomic mass is 10.2. The van der Waals surface area contributed by atoms with Gasteiger partial charge in [-0.3, -0.25) is 0 Å². The molecule has 0 amide bonds. The molecule has 4 aromatic rings. The zero-order chi connectivity index (χ0) is 19.3. The number of imidazole rings is 1. The second kappa shape index (κ2) is 8.27. The van der Waals surface area contributed by atoms with Crippen LogP contribution in [0.2, 0.25) is 0 Å². The van der Waals surface area contributed by atoms with E-state index in [-0.39, 0.29) is 0 Å². The van der Waals surface area contributed by atoms with Crippen molar-refractivity contribution in [1.82, 2.24) is 14.5 Å². The van der Waals surface area contributed by atoms with Crippen molar-refractivity contribution in [1.29, 1.82) is 0 Å². The van der Waals surface area contributed by atoms with Gasteiger partial charge in [0.1, 0.15) is 17.1 Å². The van der Waals surface area contributed by atoms with Crippen molar-refractivity contribution in [3.8, 4) is 5.75 Å². The molecular weight excluding hydrogens is 350 g/mol. The maximum Gasteiger partial charge on any atom is 0.152 e. The zero-order valence-corrected chi connectivity index (χ0v) is 15.8. The number of hydrogen-bond acceptors (Lipinski definition) is 5. The summed E-state index contributed by atoms with van der Waals surface area (Å²) in [5.74, 6) is 2.37. The molecule has 4 rings (SSSR count). The van der Waals surface area contributed by atoms with Crippen molar-refractivity contribution in [3.63, 3.8) is 0 Å². The summed E-state index contributed by atoms with van der Waals surface area (Å²) in [6.07, 6.45) is 2.56. The molecule has 0 saturated carbocycles. The minimum Gasteiger partial charge on any atom is -0.494 e. The molecule has 0 unspecified atom stereocenters. The standard InChI is InChI=1S/C22H25N5O/c23-13-7-14-27-19(12-6-15-28-16-8-2-1-3-9-16)26-20-21(27)17-10-4-5-11-18(17)25-22(20)24/h1-5,8-11H,6-7,12-15,23H2,(H2,24,25). The van der Waals surface area contributed by atoms with Gasteiger partial charge in [-0.1, -0.05) is 36.4 Å². The topological polar surface area (TPSA) is 92.0 Å². The molecule has 6 nitrogen and oxygen atoms in total. The van der Waals surface area contributed by atoms with Gasteiger partial charge in [-0.2, -0.15) is 0 Å². The van der Waals surface area contributed by atoms with Crippen molar-refractivity contribution in [2.45, 2.75) is 25.8 Å². The number of hydrogen-bond donors (Lipinski definition) is 2. The second-order valence-corrected chi connectivity index (χ2v) is 6.80. The van der Waals surface area contributed by atoms with E-state index in [1.807, 2.05) is 48.5 Å². The Hall–Kier alpha value is -3.12. The van der Waals surface area contributed by atoms with E-state index < -0.39 is 0 Å². The summed E-state index contributed by atoms with van der Waals surface area (Å²) in [5, 5.41) is 1.07. The van der Waals surface area contributed by atoms with E-state index in [0.717, 1.165) is 59.3 Å². The van der Waals surface area contributed by atoms with Crippen molar-refractivity contribution in [3.05, 3.63) is 60.4 Å². The van der Waals surface area contributed by atoms with Crippen LogP contribution >= 0.6 is 0 Å². The van der Waals surface area contributed by atoms with Crippen LogP contribution < -0.4 is 16.2 Å². The molecule has 0 spiro atoms. The van der Waals surface area contributed by atoms with Crippen LogP contribution in [-0.2, 0) is 13.0 Å². The van der Waals surface area contributed by atoms with Gasteiger partial charge in [-0.15, -0.1) is 0 Å². The number of nitrogens with two attached hydrogens (primary N) is 2. The third-order valence-electron chi connectivity index (χ3n) is 4.83. The summed E-state index contributed by atoms with van der Waals surface area (Å²) in [6, 6.07) is 17.9. The van der Waals surface area contributed by atoms with Gasteiger partial charge < -0.3 is 20.8 Å². The van der Waals surface area contributed by atoms with Gasteiger partial charge in [0.05, 0.1) is 17.6 Å². The SMILES string of the molecule is NCCCn1c(CCCOc2ccccc2)nc2c(N)nc3ccccc3c21. The molecule has 144 valence electrons. The monoisotopic (exact) mass is 375 g/mol. The fourth-order valence-electron chi connectivity index (χ4n) is 3.52. The molecule has 4 N–H and O–H groups in total. The lowest BCUT2D eigenvalue weighted by Crippen LogP contribution is -2.10. The quantitative estimate of drug-likeness (QED) is 0.460. The third kappa shape index (κ3) is 3.64. The van der Waals surface area contributed by atoms with Crippen LogP contribution in [0.15, 0.2) is 54.6 Å². The van der Waals surface area contributed by atoms with Crippen LogP contribution in [0.4, 0.5) is 5.82 Å². The Bertz CT molecular complexity index is 1070. The number of nitrogen functional groups attached to an aromatic ring is 1. The van der Waals surface area contributed by atoms with Crippen LogP contribution in [-0.4, -0.2) is 27.7 Å². The van der Waals surface area contributed by atoms with Gasteiger partial charge >= 0.3 is 0 Å². The summed E-state index contributed by atoms with van der Waals surface area (Å²) in [5.41, 5.74) is 14.7. The average Bonchev–Trinajstić information content (AvgIpc) is 3.10. The summed E-state index contributed by atoms with van der Waals surface area (Å²) in [7, 11) is 0. The summed E-state index contributed by atoms with van der Waals surface area (Å²) in [4.78, 5) is 9.37. The number of pyridine rings is 1. The predicted octanol–water partition coefficient (Wildman–Crippen LogP) is 3.53. The molecule has 2 aromatic carbocycles. The number of fused-ring (bicyclic) bond motifs is 3. The number of ether oxygens (including phenoxy) is 1.